The van der Waals surface area contributed by atoms with Gasteiger partial charge in [0.25, 0.3) is 0 Å². The Kier molecular flexibility index (Phi) is 4.43. The molecule has 2 heterocycles. The van der Waals surface area contributed by atoms with Gasteiger partial charge in [0.2, 0.25) is 0 Å². The summed E-state index contributed by atoms with van der Waals surface area (Å²) in [6.45, 7) is 5.31. The number of aromatic nitrogens is 3. The maximum atomic E-state index is 12.2. The van der Waals surface area contributed by atoms with E-state index in [2.05, 4.69) is 32.5 Å². The quantitative estimate of drug-likeness (QED) is 0.854. The van der Waals surface area contributed by atoms with Gasteiger partial charge in [-0.15, -0.1) is 0 Å². The van der Waals surface area contributed by atoms with Gasteiger partial charge in [0.1, 0.15) is 5.82 Å². The summed E-state index contributed by atoms with van der Waals surface area (Å²) in [6, 6.07) is 0.199. The van der Waals surface area contributed by atoms with Gasteiger partial charge in [0, 0.05) is 24.5 Å². The van der Waals surface area contributed by atoms with Crippen LogP contribution in [0.4, 0.5) is 4.79 Å². The van der Waals surface area contributed by atoms with Crippen LogP contribution < -0.4 is 10.6 Å². The van der Waals surface area contributed by atoms with Gasteiger partial charge in [-0.25, -0.2) is 9.78 Å². The van der Waals surface area contributed by atoms with E-state index in [0.29, 0.717) is 18.0 Å². The Morgan fingerprint density at radius 3 is 2.56 bits per heavy atom. The molecular weight excluding hydrogens is 316 g/mol. The van der Waals surface area contributed by atoms with Gasteiger partial charge in [-0.05, 0) is 65.0 Å². The molecule has 3 fully saturated rings. The summed E-state index contributed by atoms with van der Waals surface area (Å²) in [4.78, 5) is 19.4. The van der Waals surface area contributed by atoms with Crippen LogP contribution in [-0.4, -0.2) is 50.4 Å². The van der Waals surface area contributed by atoms with E-state index < -0.39 is 0 Å². The lowest BCUT2D eigenvalue weighted by Gasteiger charge is -2.50. The highest BCUT2D eigenvalue weighted by Crippen LogP contribution is 2.38. The van der Waals surface area contributed by atoms with Crippen molar-refractivity contribution in [2.75, 3.05) is 13.1 Å². The molecule has 0 atom stereocenters. The van der Waals surface area contributed by atoms with Crippen molar-refractivity contribution >= 4 is 6.03 Å². The lowest BCUT2D eigenvalue weighted by Crippen LogP contribution is -2.57. The van der Waals surface area contributed by atoms with Gasteiger partial charge >= 0.3 is 6.03 Å². The van der Waals surface area contributed by atoms with Gasteiger partial charge in [-0.2, -0.15) is 5.10 Å². The first-order valence-corrected chi connectivity index (χ1v) is 9.73. The number of nitrogens with zero attached hydrogens (tertiary/aromatic N) is 4. The first-order valence-electron chi connectivity index (χ1n) is 9.73. The lowest BCUT2D eigenvalue weighted by atomic mass is 9.78. The minimum absolute atomic E-state index is 0.0893. The zero-order chi connectivity index (χ0) is 17.4. The number of rotatable bonds is 5. The zero-order valence-electron chi connectivity index (χ0n) is 15.4. The third-order valence-electron chi connectivity index (χ3n) is 6.24. The van der Waals surface area contributed by atoms with Gasteiger partial charge in [-0.1, -0.05) is 0 Å². The number of hydrogen-bond donors (Lipinski definition) is 2. The van der Waals surface area contributed by atoms with E-state index in [9.17, 15) is 4.79 Å². The monoisotopic (exact) mass is 346 g/mol. The van der Waals surface area contributed by atoms with Crippen molar-refractivity contribution in [1.29, 1.82) is 0 Å². The molecule has 1 saturated heterocycles. The molecule has 25 heavy (non-hydrogen) atoms. The number of carbonyl (C=O) groups excluding carboxylic acids is 1. The van der Waals surface area contributed by atoms with Crippen LogP contribution in [-0.2, 0) is 13.6 Å². The van der Waals surface area contributed by atoms with E-state index >= 15 is 0 Å². The Bertz CT molecular complexity index is 626. The summed E-state index contributed by atoms with van der Waals surface area (Å²) in [5.41, 5.74) is 0.352. The van der Waals surface area contributed by atoms with Crippen LogP contribution in [0.2, 0.25) is 0 Å². The number of amides is 2. The van der Waals surface area contributed by atoms with Crippen LogP contribution in [0.3, 0.4) is 0 Å². The minimum Gasteiger partial charge on any atom is -0.335 e. The highest BCUT2D eigenvalue weighted by Gasteiger charge is 2.38. The molecule has 2 amide bonds. The van der Waals surface area contributed by atoms with E-state index in [4.69, 9.17) is 0 Å². The molecule has 1 aromatic rings. The lowest BCUT2D eigenvalue weighted by molar-refractivity contribution is 0.00950. The molecule has 1 aromatic heterocycles. The van der Waals surface area contributed by atoms with E-state index in [0.717, 1.165) is 24.5 Å². The van der Waals surface area contributed by atoms with Crippen molar-refractivity contribution in [3.05, 3.63) is 11.6 Å². The third-order valence-corrected chi connectivity index (χ3v) is 6.24. The fourth-order valence-electron chi connectivity index (χ4n) is 4.06. The molecule has 7 heteroatoms. The van der Waals surface area contributed by atoms with Crippen LogP contribution in [0.1, 0.15) is 69.4 Å². The summed E-state index contributed by atoms with van der Waals surface area (Å²) < 4.78 is 1.78. The molecule has 1 aliphatic heterocycles. The molecule has 0 aromatic carbocycles. The Balaban J connectivity index is 1.21. The average molecular weight is 346 g/mol. The van der Waals surface area contributed by atoms with E-state index in [1.165, 1.54) is 45.2 Å². The van der Waals surface area contributed by atoms with Crippen molar-refractivity contribution in [3.8, 4) is 0 Å². The van der Waals surface area contributed by atoms with Crippen molar-refractivity contribution in [2.45, 2.75) is 75.9 Å². The Morgan fingerprint density at radius 2 is 1.96 bits per heavy atom. The highest BCUT2D eigenvalue weighted by molar-refractivity contribution is 5.74. The van der Waals surface area contributed by atoms with Crippen LogP contribution >= 0.6 is 0 Å². The molecule has 0 spiro atoms. The second-order valence-corrected chi connectivity index (χ2v) is 8.22. The summed E-state index contributed by atoms with van der Waals surface area (Å²) in [5.74, 6) is 2.29. The summed E-state index contributed by atoms with van der Waals surface area (Å²) in [5, 5.41) is 10.5. The molecule has 0 bridgehead atoms. The topological polar surface area (TPSA) is 75.1 Å². The molecular formula is C18H30N6O. The van der Waals surface area contributed by atoms with Crippen LogP contribution in [0, 0.1) is 0 Å². The van der Waals surface area contributed by atoms with Gasteiger partial charge in [0.05, 0.1) is 6.54 Å². The fourth-order valence-corrected chi connectivity index (χ4v) is 4.06. The average Bonchev–Trinajstić information content (AvgIpc) is 3.30. The molecule has 0 unspecified atom stereocenters. The maximum absolute atomic E-state index is 12.2. The maximum Gasteiger partial charge on any atom is 0.315 e. The van der Waals surface area contributed by atoms with Crippen molar-refractivity contribution in [3.63, 3.8) is 0 Å². The second-order valence-electron chi connectivity index (χ2n) is 8.22. The van der Waals surface area contributed by atoms with Crippen LogP contribution in [0.15, 0.2) is 0 Å². The summed E-state index contributed by atoms with van der Waals surface area (Å²) in [6.07, 6.45) is 8.19. The number of nitrogens with one attached hydrogen (secondary N) is 2. The number of hydrogen-bond acceptors (Lipinski definition) is 4. The minimum atomic E-state index is -0.0893. The van der Waals surface area contributed by atoms with Crippen LogP contribution in [0.5, 0.6) is 0 Å². The summed E-state index contributed by atoms with van der Waals surface area (Å²) in [7, 11) is 1.89. The SMILES string of the molecule is Cn1nc(C2CC2)nc1CNC(=O)NC1CCC(C)(N2CCC2)CC1. The largest absolute Gasteiger partial charge is 0.335 e. The smallest absolute Gasteiger partial charge is 0.315 e. The third kappa shape index (κ3) is 3.66. The molecule has 138 valence electrons. The molecule has 2 saturated carbocycles. The number of likely N-dealkylation sites (tertiary alicyclic amines) is 1. The predicted octanol–water partition coefficient (Wildman–Crippen LogP) is 1.90. The van der Waals surface area contributed by atoms with Gasteiger partial charge < -0.3 is 10.6 Å². The van der Waals surface area contributed by atoms with Crippen molar-refractivity contribution < 1.29 is 4.79 Å². The standard InChI is InChI=1S/C18H30N6O/c1-18(24-10-3-11-24)8-6-14(7-9-18)20-17(25)19-12-15-21-16(13-4-5-13)22-23(15)2/h13-14H,3-12H2,1-2H3,(H2,19,20,25). The number of carbonyl (C=O) groups is 1. The first kappa shape index (κ1) is 16.8. The summed E-state index contributed by atoms with van der Waals surface area (Å²) >= 11 is 0. The molecule has 4 rings (SSSR count). The first-order chi connectivity index (χ1) is 12.0. The molecule has 7 nitrogen and oxygen atoms in total. The van der Waals surface area contributed by atoms with Gasteiger partial charge in [0.15, 0.2) is 5.82 Å². The van der Waals surface area contributed by atoms with E-state index in [1.807, 2.05) is 7.05 Å². The van der Waals surface area contributed by atoms with Gasteiger partial charge in [-0.3, -0.25) is 9.58 Å². The Labute approximate surface area is 149 Å². The van der Waals surface area contributed by atoms with Crippen molar-refractivity contribution in [2.24, 2.45) is 7.05 Å². The molecule has 3 aliphatic rings. The number of urea groups is 1. The number of aryl methyl sites for hydroxylation is 1. The predicted molar refractivity (Wildman–Crippen MR) is 95.2 cm³/mol. The normalized spacial score (nSPS) is 29.9. The Hall–Kier alpha value is -1.63. The molecule has 2 aliphatic carbocycles. The molecule has 0 radical (unpaired) electrons. The second kappa shape index (κ2) is 6.59. The zero-order valence-corrected chi connectivity index (χ0v) is 15.4. The van der Waals surface area contributed by atoms with Crippen molar-refractivity contribution in [1.82, 2.24) is 30.3 Å². The van der Waals surface area contributed by atoms with E-state index in [-0.39, 0.29) is 12.1 Å². The van der Waals surface area contributed by atoms with E-state index in [1.54, 1.807) is 4.68 Å². The highest BCUT2D eigenvalue weighted by atomic mass is 16.2. The van der Waals surface area contributed by atoms with Crippen LogP contribution in [0.25, 0.3) is 0 Å². The molecule has 2 N–H and O–H groups in total. The Morgan fingerprint density at radius 1 is 1.24 bits per heavy atom. The fraction of sp³-hybridized carbons (Fsp3) is 0.833.